The van der Waals surface area contributed by atoms with Gasteiger partial charge in [0.25, 0.3) is 5.69 Å². The lowest BCUT2D eigenvalue weighted by Crippen LogP contribution is -2.39. The molecule has 0 radical (unpaired) electrons. The number of rotatable bonds is 15. The Morgan fingerprint density at radius 3 is 2.05 bits per heavy atom. The average Bonchev–Trinajstić information content (AvgIpc) is 3.80. The standard InChI is InChI=1S/C48H40N8O5/c1-61-47(58)41-25-15-26-43(56(59)60)38(41)22-13-14-27-44(57)49-31-33-28-29-42-34(30-33)32-50-45(51-42)39-23-11-12-24-40(39)46-52-53-54-55(46)48(35-16-5-2-6-17-35,36-18-7-3-8-19-36)37-20-9-4-10-21-37/h2-12,15-21,23-26,28-30,32H,13-14,22,27,31H2,1H3,(H,49,57). The molecule has 0 unspecified atom stereocenters. The van der Waals surface area contributed by atoms with Gasteiger partial charge in [0.2, 0.25) is 5.91 Å². The number of benzene rings is 6. The van der Waals surface area contributed by atoms with E-state index in [4.69, 9.17) is 19.9 Å². The molecule has 13 heteroatoms. The lowest BCUT2D eigenvalue weighted by atomic mass is 9.77. The average molecular weight is 809 g/mol. The zero-order valence-corrected chi connectivity index (χ0v) is 33.2. The summed E-state index contributed by atoms with van der Waals surface area (Å²) in [5.74, 6) is 0.250. The van der Waals surface area contributed by atoms with E-state index in [0.717, 1.165) is 44.3 Å². The van der Waals surface area contributed by atoms with E-state index >= 15 is 0 Å². The summed E-state index contributed by atoms with van der Waals surface area (Å²) in [5, 5.41) is 29.0. The predicted octanol–water partition coefficient (Wildman–Crippen LogP) is 8.51. The lowest BCUT2D eigenvalue weighted by Gasteiger charge is -2.36. The third kappa shape index (κ3) is 8.08. The monoisotopic (exact) mass is 808 g/mol. The van der Waals surface area contributed by atoms with Gasteiger partial charge in [-0.25, -0.2) is 19.4 Å². The maximum atomic E-state index is 12.8. The fraction of sp³-hybridized carbons (Fsp3) is 0.146. The largest absolute Gasteiger partial charge is 0.465 e. The Hall–Kier alpha value is -7.93. The minimum atomic E-state index is -0.938. The highest BCUT2D eigenvalue weighted by Gasteiger charge is 2.42. The fourth-order valence-corrected chi connectivity index (χ4v) is 7.87. The van der Waals surface area contributed by atoms with Gasteiger partial charge in [-0.2, -0.15) is 0 Å². The van der Waals surface area contributed by atoms with Gasteiger partial charge >= 0.3 is 5.97 Å². The summed E-state index contributed by atoms with van der Waals surface area (Å²) in [6.07, 6.45) is 3.21. The van der Waals surface area contributed by atoms with Gasteiger partial charge in [-0.15, -0.1) is 5.10 Å². The molecule has 0 saturated heterocycles. The summed E-state index contributed by atoms with van der Waals surface area (Å²) in [4.78, 5) is 45.9. The van der Waals surface area contributed by atoms with Crippen molar-refractivity contribution >= 4 is 28.5 Å². The van der Waals surface area contributed by atoms with Crippen LogP contribution in [0.5, 0.6) is 0 Å². The maximum absolute atomic E-state index is 12.8. The molecule has 2 heterocycles. The molecule has 0 atom stereocenters. The number of carbonyl (C=O) groups is 2. The van der Waals surface area contributed by atoms with Gasteiger partial charge in [0.15, 0.2) is 11.6 Å². The van der Waals surface area contributed by atoms with E-state index in [9.17, 15) is 19.7 Å². The SMILES string of the molecule is COC(=O)c1cccc([N+](=O)[O-])c1CCCCC(=O)NCc1ccc2nc(-c3ccccc3-c3nnnn3C(c3ccccc3)(c3ccccc3)c3ccccc3)ncc2c1. The first kappa shape index (κ1) is 39.9. The summed E-state index contributed by atoms with van der Waals surface area (Å²) in [7, 11) is 1.23. The molecular weight excluding hydrogens is 769 g/mol. The number of nitro benzene ring substituents is 1. The van der Waals surface area contributed by atoms with Crippen molar-refractivity contribution in [3.8, 4) is 22.8 Å². The van der Waals surface area contributed by atoms with E-state index in [1.807, 2.05) is 102 Å². The highest BCUT2D eigenvalue weighted by Crippen LogP contribution is 2.43. The first-order valence-electron chi connectivity index (χ1n) is 19.8. The number of methoxy groups -OCH3 is 1. The molecule has 302 valence electrons. The topological polar surface area (TPSA) is 168 Å². The molecule has 1 N–H and O–H groups in total. The number of esters is 1. The molecule has 8 aromatic rings. The molecule has 0 saturated carbocycles. The normalized spacial score (nSPS) is 11.3. The number of nitrogens with zero attached hydrogens (tertiary/aromatic N) is 7. The summed E-state index contributed by atoms with van der Waals surface area (Å²) < 4.78 is 6.71. The summed E-state index contributed by atoms with van der Waals surface area (Å²) >= 11 is 0. The summed E-state index contributed by atoms with van der Waals surface area (Å²) in [6, 6.07) is 48.6. The fourth-order valence-electron chi connectivity index (χ4n) is 7.87. The van der Waals surface area contributed by atoms with E-state index in [1.165, 1.54) is 25.3 Å². The molecule has 8 rings (SSSR count). The molecule has 0 aliphatic rings. The first-order valence-corrected chi connectivity index (χ1v) is 19.8. The second kappa shape index (κ2) is 17.9. The third-order valence-electron chi connectivity index (χ3n) is 10.7. The molecule has 1 amide bonds. The van der Waals surface area contributed by atoms with Crippen molar-refractivity contribution in [1.82, 2.24) is 35.5 Å². The Bertz CT molecular complexity index is 2740. The van der Waals surface area contributed by atoms with Crippen LogP contribution in [0.1, 0.15) is 57.4 Å². The van der Waals surface area contributed by atoms with E-state index in [1.54, 1.807) is 6.20 Å². The van der Waals surface area contributed by atoms with Crippen LogP contribution in [0.25, 0.3) is 33.7 Å². The Balaban J connectivity index is 1.02. The van der Waals surface area contributed by atoms with E-state index in [2.05, 4.69) is 52.0 Å². The lowest BCUT2D eigenvalue weighted by molar-refractivity contribution is -0.385. The number of carbonyl (C=O) groups excluding carboxylic acids is 2. The zero-order valence-electron chi connectivity index (χ0n) is 33.2. The smallest absolute Gasteiger partial charge is 0.338 e. The molecule has 0 aliphatic heterocycles. The second-order valence-electron chi connectivity index (χ2n) is 14.4. The Labute approximate surface area is 351 Å². The van der Waals surface area contributed by atoms with Crippen molar-refractivity contribution in [2.45, 2.75) is 37.8 Å². The van der Waals surface area contributed by atoms with Crippen LogP contribution in [-0.2, 0) is 28.0 Å². The van der Waals surface area contributed by atoms with Crippen molar-refractivity contribution in [1.29, 1.82) is 0 Å². The van der Waals surface area contributed by atoms with Gasteiger partial charge in [0, 0.05) is 47.3 Å². The van der Waals surface area contributed by atoms with Gasteiger partial charge in [-0.05, 0) is 70.1 Å². The number of hydrogen-bond donors (Lipinski definition) is 1. The van der Waals surface area contributed by atoms with E-state index in [-0.39, 0.29) is 30.0 Å². The Morgan fingerprint density at radius 2 is 1.41 bits per heavy atom. The number of aromatic nitrogens is 6. The molecule has 2 aromatic heterocycles. The van der Waals surface area contributed by atoms with Crippen molar-refractivity contribution in [2.24, 2.45) is 0 Å². The van der Waals surface area contributed by atoms with Crippen LogP contribution in [0.2, 0.25) is 0 Å². The Morgan fingerprint density at radius 1 is 0.770 bits per heavy atom. The number of ether oxygens (including phenoxy) is 1. The molecule has 0 spiro atoms. The molecule has 0 fully saturated rings. The number of amides is 1. The van der Waals surface area contributed by atoms with Crippen LogP contribution in [0.4, 0.5) is 5.69 Å². The van der Waals surface area contributed by atoms with Crippen LogP contribution in [-0.4, -0.2) is 54.1 Å². The molecule has 61 heavy (non-hydrogen) atoms. The van der Waals surface area contributed by atoms with Crippen LogP contribution >= 0.6 is 0 Å². The minimum absolute atomic E-state index is 0.140. The number of tetrazole rings is 1. The number of nitrogens with one attached hydrogen (secondary N) is 1. The van der Waals surface area contributed by atoms with Crippen LogP contribution in [0.3, 0.4) is 0 Å². The number of nitro groups is 1. The molecule has 0 bridgehead atoms. The number of fused-ring (bicyclic) bond motifs is 1. The second-order valence-corrected chi connectivity index (χ2v) is 14.4. The third-order valence-corrected chi connectivity index (χ3v) is 10.7. The number of hydrogen-bond acceptors (Lipinski definition) is 10. The zero-order chi connectivity index (χ0) is 42.2. The van der Waals surface area contributed by atoms with E-state index in [0.29, 0.717) is 36.6 Å². The van der Waals surface area contributed by atoms with Crippen LogP contribution in [0.15, 0.2) is 158 Å². The summed E-state index contributed by atoms with van der Waals surface area (Å²) in [5.41, 5.74) is 5.45. The summed E-state index contributed by atoms with van der Waals surface area (Å²) in [6.45, 7) is 0.296. The Kier molecular flexibility index (Phi) is 11.7. The highest BCUT2D eigenvalue weighted by molar-refractivity contribution is 5.92. The quantitative estimate of drug-likeness (QED) is 0.0349. The number of unbranched alkanes of at least 4 members (excludes halogenated alkanes) is 1. The van der Waals surface area contributed by atoms with Gasteiger partial charge in [0.05, 0.1) is 23.1 Å². The van der Waals surface area contributed by atoms with Crippen molar-refractivity contribution in [3.05, 3.63) is 201 Å². The van der Waals surface area contributed by atoms with Gasteiger partial charge in [0.1, 0.15) is 5.54 Å². The van der Waals surface area contributed by atoms with Gasteiger partial charge in [-0.3, -0.25) is 14.9 Å². The minimum Gasteiger partial charge on any atom is -0.465 e. The predicted molar refractivity (Wildman–Crippen MR) is 230 cm³/mol. The van der Waals surface area contributed by atoms with Crippen molar-refractivity contribution in [3.63, 3.8) is 0 Å². The first-order chi connectivity index (χ1) is 29.9. The maximum Gasteiger partial charge on any atom is 0.338 e. The van der Waals surface area contributed by atoms with Crippen LogP contribution < -0.4 is 5.32 Å². The highest BCUT2D eigenvalue weighted by atomic mass is 16.6. The molecular formula is C48H40N8O5. The van der Waals surface area contributed by atoms with Crippen molar-refractivity contribution < 1.29 is 19.2 Å². The van der Waals surface area contributed by atoms with Crippen molar-refractivity contribution in [2.75, 3.05) is 7.11 Å². The van der Waals surface area contributed by atoms with Gasteiger partial charge < -0.3 is 10.1 Å². The van der Waals surface area contributed by atoms with Gasteiger partial charge in [-0.1, -0.05) is 127 Å². The van der Waals surface area contributed by atoms with E-state index < -0.39 is 16.4 Å². The molecule has 0 aliphatic carbocycles. The molecule has 13 nitrogen and oxygen atoms in total. The molecule has 6 aromatic carbocycles. The van der Waals surface area contributed by atoms with Crippen LogP contribution in [0, 0.1) is 10.1 Å².